The summed E-state index contributed by atoms with van der Waals surface area (Å²) in [6, 6.07) is 18.5. The van der Waals surface area contributed by atoms with Crippen molar-refractivity contribution >= 4 is 35.1 Å². The van der Waals surface area contributed by atoms with Gasteiger partial charge in [0.05, 0.1) is 18.4 Å². The Morgan fingerprint density at radius 3 is 2.37 bits per heavy atom. The number of carbonyl (C=O) groups excluding carboxylic acids is 2. The zero-order valence-electron chi connectivity index (χ0n) is 28.7. The van der Waals surface area contributed by atoms with Gasteiger partial charge in [0.2, 0.25) is 0 Å². The molecule has 49 heavy (non-hydrogen) atoms. The topological polar surface area (TPSA) is 95.4 Å². The molecule has 1 N–H and O–H groups in total. The molecule has 0 spiro atoms. The van der Waals surface area contributed by atoms with Gasteiger partial charge in [-0.15, -0.1) is 0 Å². The van der Waals surface area contributed by atoms with Crippen molar-refractivity contribution in [3.63, 3.8) is 0 Å². The quantitative estimate of drug-likeness (QED) is 0.310. The fourth-order valence-electron chi connectivity index (χ4n) is 7.42. The Morgan fingerprint density at radius 2 is 1.71 bits per heavy atom. The normalized spacial score (nSPS) is 19.0. The second-order valence-electron chi connectivity index (χ2n) is 13.5. The molecule has 0 saturated carbocycles. The van der Waals surface area contributed by atoms with Crippen LogP contribution in [-0.4, -0.2) is 101 Å². The van der Waals surface area contributed by atoms with Gasteiger partial charge in [0.25, 0.3) is 0 Å². The molecule has 0 aliphatic carbocycles. The highest BCUT2D eigenvalue weighted by atomic mass is 19.1. The molecule has 10 nitrogen and oxygen atoms in total. The van der Waals surface area contributed by atoms with Gasteiger partial charge in [-0.3, -0.25) is 9.69 Å². The molecular weight excluding hydrogens is 621 g/mol. The molecule has 0 radical (unpaired) electrons. The van der Waals surface area contributed by atoms with Crippen LogP contribution in [0.5, 0.6) is 5.75 Å². The van der Waals surface area contributed by atoms with Crippen LogP contribution in [0.4, 0.5) is 31.9 Å². The van der Waals surface area contributed by atoms with Gasteiger partial charge in [-0.1, -0.05) is 0 Å². The van der Waals surface area contributed by atoms with E-state index in [9.17, 15) is 14.9 Å². The van der Waals surface area contributed by atoms with Crippen molar-refractivity contribution < 1.29 is 18.7 Å². The smallest absolute Gasteiger partial charge is 0.321 e. The molecule has 3 saturated heterocycles. The van der Waals surface area contributed by atoms with Crippen LogP contribution in [0.15, 0.2) is 54.6 Å². The molecule has 3 aliphatic heterocycles. The highest BCUT2D eigenvalue weighted by Crippen LogP contribution is 2.30. The maximum Gasteiger partial charge on any atom is 0.321 e. The third-order valence-corrected chi connectivity index (χ3v) is 10.3. The first kappa shape index (κ1) is 34.1. The Balaban J connectivity index is 0.952. The SMILES string of the molecule is COc1cc(N2CCN(C(=O)Nc3ccc(N4CCC(CN5CCN(c6ccc(C=O)c(C)c6)CC5)CC4)c(F)c3)CC2C)ccc1C#N. The summed E-state index contributed by atoms with van der Waals surface area (Å²) in [5.74, 6) is 0.792. The summed E-state index contributed by atoms with van der Waals surface area (Å²) < 4.78 is 20.8. The Labute approximate surface area is 288 Å². The predicted octanol–water partition coefficient (Wildman–Crippen LogP) is 5.61. The second-order valence-corrected chi connectivity index (χ2v) is 13.5. The summed E-state index contributed by atoms with van der Waals surface area (Å²) in [7, 11) is 1.55. The van der Waals surface area contributed by atoms with Crippen LogP contribution >= 0.6 is 0 Å². The minimum Gasteiger partial charge on any atom is -0.495 e. The van der Waals surface area contributed by atoms with Crippen LogP contribution in [0.1, 0.15) is 41.3 Å². The molecule has 2 amide bonds. The maximum absolute atomic E-state index is 15.4. The number of piperidine rings is 1. The van der Waals surface area contributed by atoms with E-state index in [4.69, 9.17) is 4.74 Å². The van der Waals surface area contributed by atoms with E-state index in [1.165, 1.54) is 11.8 Å². The van der Waals surface area contributed by atoms with E-state index in [0.717, 1.165) is 81.8 Å². The first-order chi connectivity index (χ1) is 23.8. The molecule has 3 heterocycles. The van der Waals surface area contributed by atoms with Crippen LogP contribution in [0.2, 0.25) is 0 Å². The highest BCUT2D eigenvalue weighted by molar-refractivity contribution is 5.90. The molecule has 1 unspecified atom stereocenters. The molecule has 0 aromatic heterocycles. The number of aryl methyl sites for hydroxylation is 1. The van der Waals surface area contributed by atoms with E-state index in [2.05, 4.69) is 44.0 Å². The van der Waals surface area contributed by atoms with Crippen molar-refractivity contribution in [3.8, 4) is 11.8 Å². The lowest BCUT2D eigenvalue weighted by Crippen LogP contribution is -2.54. The summed E-state index contributed by atoms with van der Waals surface area (Å²) in [5.41, 5.74) is 5.40. The van der Waals surface area contributed by atoms with E-state index >= 15 is 4.39 Å². The Kier molecular flexibility index (Phi) is 10.5. The fraction of sp³-hybridized carbons (Fsp3) is 0.447. The first-order valence-corrected chi connectivity index (χ1v) is 17.2. The maximum atomic E-state index is 15.4. The van der Waals surface area contributed by atoms with Crippen molar-refractivity contribution in [2.75, 3.05) is 92.6 Å². The molecule has 3 aliphatic rings. The van der Waals surface area contributed by atoms with Crippen molar-refractivity contribution in [1.29, 1.82) is 5.26 Å². The number of piperazine rings is 2. The lowest BCUT2D eigenvalue weighted by atomic mass is 9.95. The minimum atomic E-state index is -0.322. The van der Waals surface area contributed by atoms with E-state index in [1.54, 1.807) is 30.2 Å². The molecule has 258 valence electrons. The lowest BCUT2D eigenvalue weighted by Gasteiger charge is -2.41. The van der Waals surface area contributed by atoms with Gasteiger partial charge >= 0.3 is 6.03 Å². The Morgan fingerprint density at radius 1 is 0.959 bits per heavy atom. The van der Waals surface area contributed by atoms with Crippen molar-refractivity contribution in [2.45, 2.75) is 32.7 Å². The zero-order chi connectivity index (χ0) is 34.5. The van der Waals surface area contributed by atoms with Crippen molar-refractivity contribution in [1.82, 2.24) is 9.80 Å². The van der Waals surface area contributed by atoms with E-state index < -0.39 is 0 Å². The zero-order valence-corrected chi connectivity index (χ0v) is 28.7. The number of anilines is 4. The largest absolute Gasteiger partial charge is 0.495 e. The van der Waals surface area contributed by atoms with Gasteiger partial charge in [0.15, 0.2) is 0 Å². The number of benzene rings is 3. The number of rotatable bonds is 8. The molecule has 11 heteroatoms. The summed E-state index contributed by atoms with van der Waals surface area (Å²) >= 11 is 0. The number of nitriles is 1. The number of ether oxygens (including phenoxy) is 1. The molecule has 3 aromatic carbocycles. The second kappa shape index (κ2) is 15.2. The summed E-state index contributed by atoms with van der Waals surface area (Å²) in [5, 5.41) is 12.2. The van der Waals surface area contributed by atoms with Gasteiger partial charge in [-0.25, -0.2) is 9.18 Å². The van der Waals surface area contributed by atoms with Crippen molar-refractivity contribution in [2.24, 2.45) is 5.92 Å². The minimum absolute atomic E-state index is 0.0427. The fourth-order valence-corrected chi connectivity index (χ4v) is 7.42. The third-order valence-electron chi connectivity index (χ3n) is 10.3. The average molecular weight is 668 g/mol. The van der Waals surface area contributed by atoms with Gasteiger partial charge < -0.3 is 29.7 Å². The predicted molar refractivity (Wildman–Crippen MR) is 192 cm³/mol. The highest BCUT2D eigenvalue weighted by Gasteiger charge is 2.29. The number of halogens is 1. The van der Waals surface area contributed by atoms with Gasteiger partial charge in [0, 0.05) is 100 Å². The number of aldehydes is 1. The molecule has 1 atom stereocenters. The first-order valence-electron chi connectivity index (χ1n) is 17.2. The van der Waals surface area contributed by atoms with E-state index in [-0.39, 0.29) is 17.9 Å². The van der Waals surface area contributed by atoms with Gasteiger partial charge in [-0.2, -0.15) is 5.26 Å². The monoisotopic (exact) mass is 667 g/mol. The van der Waals surface area contributed by atoms with Crippen LogP contribution in [0.25, 0.3) is 0 Å². The number of methoxy groups -OCH3 is 1. The summed E-state index contributed by atoms with van der Waals surface area (Å²) in [6.45, 7) is 12.3. The summed E-state index contributed by atoms with van der Waals surface area (Å²) in [6.07, 6.45) is 2.95. The number of amides is 2. The number of hydrogen-bond acceptors (Lipinski definition) is 8. The number of nitrogens with one attached hydrogen (secondary N) is 1. The van der Waals surface area contributed by atoms with E-state index in [0.29, 0.717) is 48.2 Å². The number of carbonyl (C=O) groups is 2. The average Bonchev–Trinajstić information content (AvgIpc) is 3.12. The van der Waals surface area contributed by atoms with Crippen molar-refractivity contribution in [3.05, 3.63) is 77.1 Å². The molecule has 6 rings (SSSR count). The Bertz CT molecular complexity index is 1690. The Hall–Kier alpha value is -4.82. The number of urea groups is 1. The van der Waals surface area contributed by atoms with Crippen LogP contribution in [0.3, 0.4) is 0 Å². The van der Waals surface area contributed by atoms with Crippen LogP contribution in [0, 0.1) is 30.0 Å². The van der Waals surface area contributed by atoms with Gasteiger partial charge in [0.1, 0.15) is 23.9 Å². The molecule has 3 fully saturated rings. The number of nitrogens with zero attached hydrogens (tertiary/aromatic N) is 6. The molecule has 0 bridgehead atoms. The van der Waals surface area contributed by atoms with Crippen LogP contribution < -0.4 is 24.8 Å². The molecular formula is C38H46FN7O3. The van der Waals surface area contributed by atoms with Crippen LogP contribution in [-0.2, 0) is 0 Å². The van der Waals surface area contributed by atoms with E-state index in [1.807, 2.05) is 31.2 Å². The summed E-state index contributed by atoms with van der Waals surface area (Å²) in [4.78, 5) is 35.3. The third kappa shape index (κ3) is 7.75. The van der Waals surface area contributed by atoms with Gasteiger partial charge in [-0.05, 0) is 86.7 Å². The standard InChI is InChI=1S/C38H46FN7O3/c1-27-20-33(7-5-31(27)26-47)43-16-14-42(15-17-43)25-29-10-12-44(13-11-29)36-9-6-32(21-35(36)39)41-38(48)45-18-19-46(28(2)24-45)34-8-4-30(23-40)37(22-34)49-3/h4-9,20-22,26,28-29H,10-19,24-25H2,1-3H3,(H,41,48). The molecule has 3 aromatic rings. The number of hydrogen-bond donors (Lipinski definition) is 1. The lowest BCUT2D eigenvalue weighted by molar-refractivity contribution is 0.112.